The summed E-state index contributed by atoms with van der Waals surface area (Å²) in [5, 5.41) is 8.90. The molecule has 64 valence electrons. The van der Waals surface area contributed by atoms with Crippen LogP contribution in [-0.4, -0.2) is 33.6 Å². The second kappa shape index (κ2) is 2.49. The van der Waals surface area contributed by atoms with Crippen molar-refractivity contribution in [3.8, 4) is 0 Å². The van der Waals surface area contributed by atoms with Crippen LogP contribution in [0.25, 0.3) is 0 Å². The Hall–Kier alpha value is -1.01. The molecule has 0 spiro atoms. The molecule has 0 radical (unpaired) electrons. The topological polar surface area (TPSA) is 72.3 Å². The summed E-state index contributed by atoms with van der Waals surface area (Å²) in [4.78, 5) is 14.7. The molecule has 0 aromatic carbocycles. The molecule has 1 aromatic rings. The normalized spacial score (nSPS) is 20.0. The van der Waals surface area contributed by atoms with Gasteiger partial charge in [-0.05, 0) is 11.5 Å². The van der Waals surface area contributed by atoms with Crippen molar-refractivity contribution < 1.29 is 14.6 Å². The van der Waals surface area contributed by atoms with E-state index in [1.165, 1.54) is 5.51 Å². The predicted octanol–water partition coefficient (Wildman–Crippen LogP) is -0.109. The molecule has 0 bridgehead atoms. The van der Waals surface area contributed by atoms with Gasteiger partial charge in [-0.3, -0.25) is 4.79 Å². The fraction of sp³-hybridized carbons (Fsp3) is 0.500. The SMILES string of the molecule is O=C(O)C1(c2ncsn2)COC1. The molecule has 6 heteroatoms. The molecule has 2 rings (SSSR count). The number of nitrogens with zero attached hydrogens (tertiary/aromatic N) is 2. The van der Waals surface area contributed by atoms with Crippen LogP contribution in [0.4, 0.5) is 0 Å². The van der Waals surface area contributed by atoms with Gasteiger partial charge < -0.3 is 9.84 Å². The van der Waals surface area contributed by atoms with E-state index >= 15 is 0 Å². The second-order valence-electron chi connectivity index (χ2n) is 2.63. The molecule has 5 nitrogen and oxygen atoms in total. The Morgan fingerprint density at radius 3 is 2.83 bits per heavy atom. The smallest absolute Gasteiger partial charge is 0.322 e. The number of carboxylic acids is 1. The summed E-state index contributed by atoms with van der Waals surface area (Å²) >= 11 is 1.15. The fourth-order valence-corrected chi connectivity index (χ4v) is 1.55. The lowest BCUT2D eigenvalue weighted by Crippen LogP contribution is -2.53. The second-order valence-corrected chi connectivity index (χ2v) is 3.24. The third kappa shape index (κ3) is 0.850. The highest BCUT2D eigenvalue weighted by atomic mass is 32.1. The van der Waals surface area contributed by atoms with E-state index in [0.717, 1.165) is 11.5 Å². The first-order valence-corrected chi connectivity index (χ1v) is 4.17. The lowest BCUT2D eigenvalue weighted by molar-refractivity contribution is -0.163. The van der Waals surface area contributed by atoms with Crippen molar-refractivity contribution in [2.24, 2.45) is 0 Å². The molecule has 1 fully saturated rings. The number of carbonyl (C=O) groups is 1. The fourth-order valence-electron chi connectivity index (χ4n) is 1.04. The quantitative estimate of drug-likeness (QED) is 0.697. The maximum atomic E-state index is 10.8. The summed E-state index contributed by atoms with van der Waals surface area (Å²) in [5.41, 5.74) is 0.554. The van der Waals surface area contributed by atoms with Gasteiger partial charge in [-0.25, -0.2) is 4.98 Å². The highest BCUT2D eigenvalue weighted by Gasteiger charge is 2.50. The number of rotatable bonds is 2. The van der Waals surface area contributed by atoms with Crippen LogP contribution < -0.4 is 0 Å². The van der Waals surface area contributed by atoms with Gasteiger partial charge in [0.05, 0.1) is 13.2 Å². The van der Waals surface area contributed by atoms with Crippen molar-refractivity contribution in [2.75, 3.05) is 13.2 Å². The maximum Gasteiger partial charge on any atom is 0.322 e. The standard InChI is InChI=1S/C6H6N2O3S/c9-5(10)6(1-11-2-6)4-7-3-12-8-4/h3H,1-2H2,(H,9,10). The van der Waals surface area contributed by atoms with Crippen molar-refractivity contribution in [3.05, 3.63) is 11.3 Å². The Kier molecular flexibility index (Phi) is 1.59. The average Bonchev–Trinajstić information content (AvgIpc) is 2.35. The van der Waals surface area contributed by atoms with E-state index < -0.39 is 11.4 Å². The van der Waals surface area contributed by atoms with Gasteiger partial charge in [0, 0.05) is 0 Å². The van der Waals surface area contributed by atoms with Crippen molar-refractivity contribution >= 4 is 17.5 Å². The monoisotopic (exact) mass is 186 g/mol. The molecule has 0 aliphatic carbocycles. The average molecular weight is 186 g/mol. The first kappa shape index (κ1) is 7.63. The molecule has 0 atom stereocenters. The molecule has 12 heavy (non-hydrogen) atoms. The lowest BCUT2D eigenvalue weighted by atomic mass is 9.85. The minimum Gasteiger partial charge on any atom is -0.480 e. The molecule has 1 aliphatic rings. The molecular formula is C6H6N2O3S. The highest BCUT2D eigenvalue weighted by molar-refractivity contribution is 7.03. The molecule has 0 amide bonds. The van der Waals surface area contributed by atoms with Crippen LogP contribution >= 0.6 is 11.5 Å². The van der Waals surface area contributed by atoms with Crippen LogP contribution in [0.3, 0.4) is 0 Å². The Bertz CT molecular complexity index is 294. The zero-order valence-electron chi connectivity index (χ0n) is 6.06. The zero-order valence-corrected chi connectivity index (χ0v) is 6.87. The van der Waals surface area contributed by atoms with Crippen LogP contribution in [0.1, 0.15) is 5.82 Å². The molecule has 2 heterocycles. The molecule has 1 N–H and O–H groups in total. The highest BCUT2D eigenvalue weighted by Crippen LogP contribution is 2.30. The van der Waals surface area contributed by atoms with Crippen molar-refractivity contribution in [3.63, 3.8) is 0 Å². The van der Waals surface area contributed by atoms with E-state index in [-0.39, 0.29) is 13.2 Å². The Labute approximate surface area is 72.2 Å². The number of aliphatic carboxylic acids is 1. The van der Waals surface area contributed by atoms with Crippen LogP contribution in [-0.2, 0) is 14.9 Å². The van der Waals surface area contributed by atoms with E-state index in [1.807, 2.05) is 0 Å². The molecule has 0 unspecified atom stereocenters. The number of ether oxygens (including phenoxy) is 1. The minimum atomic E-state index is -0.972. The summed E-state index contributed by atoms with van der Waals surface area (Å²) in [5.74, 6) is -0.543. The van der Waals surface area contributed by atoms with Crippen LogP contribution in [0.5, 0.6) is 0 Å². The number of carboxylic acid groups (broad SMARTS) is 1. The van der Waals surface area contributed by atoms with E-state index in [2.05, 4.69) is 9.36 Å². The predicted molar refractivity (Wildman–Crippen MR) is 40.0 cm³/mol. The maximum absolute atomic E-state index is 10.8. The van der Waals surface area contributed by atoms with Gasteiger partial charge in [-0.15, -0.1) is 0 Å². The molecule has 1 saturated heterocycles. The first-order chi connectivity index (χ1) is 5.76. The largest absolute Gasteiger partial charge is 0.480 e. The first-order valence-electron chi connectivity index (χ1n) is 3.34. The van der Waals surface area contributed by atoms with Gasteiger partial charge >= 0.3 is 5.97 Å². The molecular weight excluding hydrogens is 180 g/mol. The van der Waals surface area contributed by atoms with Crippen LogP contribution in [0.2, 0.25) is 0 Å². The minimum absolute atomic E-state index is 0.180. The van der Waals surface area contributed by atoms with E-state index in [0.29, 0.717) is 5.82 Å². The third-order valence-electron chi connectivity index (χ3n) is 1.90. The summed E-state index contributed by atoms with van der Waals surface area (Å²) < 4.78 is 8.77. The molecule has 0 saturated carbocycles. The van der Waals surface area contributed by atoms with E-state index in [4.69, 9.17) is 9.84 Å². The van der Waals surface area contributed by atoms with Gasteiger partial charge in [0.2, 0.25) is 0 Å². The van der Waals surface area contributed by atoms with Gasteiger partial charge in [0.1, 0.15) is 5.51 Å². The number of hydrogen-bond acceptors (Lipinski definition) is 5. The Balaban J connectivity index is 2.35. The molecule has 1 aliphatic heterocycles. The lowest BCUT2D eigenvalue weighted by Gasteiger charge is -2.34. The summed E-state index contributed by atoms with van der Waals surface area (Å²) in [6.07, 6.45) is 0. The van der Waals surface area contributed by atoms with Crippen molar-refractivity contribution in [1.82, 2.24) is 9.36 Å². The third-order valence-corrected chi connectivity index (χ3v) is 2.37. The Morgan fingerprint density at radius 1 is 1.75 bits per heavy atom. The van der Waals surface area contributed by atoms with Crippen LogP contribution in [0.15, 0.2) is 5.51 Å². The van der Waals surface area contributed by atoms with Gasteiger partial charge in [-0.1, -0.05) is 0 Å². The van der Waals surface area contributed by atoms with E-state index in [9.17, 15) is 4.79 Å². The van der Waals surface area contributed by atoms with E-state index in [1.54, 1.807) is 0 Å². The van der Waals surface area contributed by atoms with Crippen molar-refractivity contribution in [2.45, 2.75) is 5.41 Å². The van der Waals surface area contributed by atoms with Gasteiger partial charge in [0.25, 0.3) is 0 Å². The summed E-state index contributed by atoms with van der Waals surface area (Å²) in [6, 6.07) is 0. The van der Waals surface area contributed by atoms with Gasteiger partial charge in [0.15, 0.2) is 11.2 Å². The molecule has 1 aromatic heterocycles. The Morgan fingerprint density at radius 2 is 2.50 bits per heavy atom. The summed E-state index contributed by atoms with van der Waals surface area (Å²) in [6.45, 7) is 0.359. The number of hydrogen-bond donors (Lipinski definition) is 1. The van der Waals surface area contributed by atoms with Crippen molar-refractivity contribution in [1.29, 1.82) is 0 Å². The summed E-state index contributed by atoms with van der Waals surface area (Å²) in [7, 11) is 0. The van der Waals surface area contributed by atoms with Gasteiger partial charge in [-0.2, -0.15) is 4.37 Å². The number of aromatic nitrogens is 2. The zero-order chi connectivity index (χ0) is 8.60. The van der Waals surface area contributed by atoms with Crippen LogP contribution in [0, 0.1) is 0 Å².